The molecule has 0 aromatic heterocycles. The number of ether oxygens (including phenoxy) is 1. The Morgan fingerprint density at radius 3 is 2.42 bits per heavy atom. The van der Waals surface area contributed by atoms with Gasteiger partial charge in [0, 0.05) is 28.6 Å². The smallest absolute Gasteiger partial charge is 0.309 e. The highest BCUT2D eigenvalue weighted by Gasteiger charge is 2.52. The van der Waals surface area contributed by atoms with Gasteiger partial charge in [-0.3, -0.25) is 28.8 Å². The van der Waals surface area contributed by atoms with Crippen molar-refractivity contribution in [1.82, 2.24) is 20.9 Å². The zero-order valence-corrected chi connectivity index (χ0v) is 29.9. The van der Waals surface area contributed by atoms with Crippen molar-refractivity contribution in [2.75, 3.05) is 20.2 Å². The number of allylic oxidation sites excluding steroid dienone is 2. The zero-order chi connectivity index (χ0) is 36.4. The maximum Gasteiger partial charge on any atom is 0.309 e. The molecule has 1 heterocycles. The Balaban J connectivity index is 1.42. The maximum atomic E-state index is 14.7. The first kappa shape index (κ1) is 37.0. The van der Waals surface area contributed by atoms with E-state index < -0.39 is 76.9 Å². The summed E-state index contributed by atoms with van der Waals surface area (Å²) in [5.41, 5.74) is 0.244. The Labute approximate surface area is 296 Å². The molecule has 1 aliphatic heterocycles. The largest absolute Gasteiger partial charge is 0.469 e. The average Bonchev–Trinajstić information content (AvgIpc) is 3.72. The van der Waals surface area contributed by atoms with E-state index in [1.54, 1.807) is 32.9 Å². The second kappa shape index (κ2) is 14.9. The van der Waals surface area contributed by atoms with E-state index in [1.165, 1.54) is 12.0 Å². The topological polar surface area (TPSA) is 173 Å². The number of nitrogens with one attached hydrogen (secondary N) is 3. The third kappa shape index (κ3) is 8.03. The second-order valence-electron chi connectivity index (χ2n) is 14.7. The van der Waals surface area contributed by atoms with Gasteiger partial charge in [-0.25, -0.2) is 0 Å². The van der Waals surface area contributed by atoms with E-state index in [0.717, 1.165) is 24.0 Å². The normalized spacial score (nSPS) is 23.0. The number of esters is 1. The summed E-state index contributed by atoms with van der Waals surface area (Å²) in [6.07, 6.45) is 6.96. The van der Waals surface area contributed by atoms with Crippen LogP contribution in [0.3, 0.4) is 0 Å². The lowest BCUT2D eigenvalue weighted by atomic mass is 9.80. The van der Waals surface area contributed by atoms with E-state index in [1.807, 2.05) is 25.1 Å². The molecule has 0 saturated heterocycles. The van der Waals surface area contributed by atoms with Crippen molar-refractivity contribution >= 4 is 52.7 Å². The van der Waals surface area contributed by atoms with Gasteiger partial charge in [-0.15, -0.1) is 0 Å². The molecule has 1 aromatic carbocycles. The van der Waals surface area contributed by atoms with Crippen molar-refractivity contribution in [2.45, 2.75) is 96.4 Å². The fourth-order valence-corrected chi connectivity index (χ4v) is 6.99. The summed E-state index contributed by atoms with van der Waals surface area (Å²) in [5.74, 6) is -5.19. The molecule has 0 spiro atoms. The minimum absolute atomic E-state index is 0.0310. The van der Waals surface area contributed by atoms with Gasteiger partial charge in [0.05, 0.1) is 43.8 Å². The number of carbonyl (C=O) groups is 6. The molecule has 4 amide bonds. The molecular formula is C36H46ClN5O8. The van der Waals surface area contributed by atoms with Crippen LogP contribution >= 0.6 is 11.6 Å². The Bertz CT molecular complexity index is 1620. The van der Waals surface area contributed by atoms with Crippen LogP contribution in [0.2, 0.25) is 5.02 Å². The summed E-state index contributed by atoms with van der Waals surface area (Å²) in [6.45, 7) is 6.59. The minimum atomic E-state index is -1.13. The van der Waals surface area contributed by atoms with Crippen molar-refractivity contribution in [1.29, 1.82) is 0 Å². The highest BCUT2D eigenvalue weighted by molar-refractivity contribution is 6.38. The maximum absolute atomic E-state index is 14.7. The molecule has 1 fully saturated rings. The first-order valence-corrected chi connectivity index (χ1v) is 17.6. The molecule has 0 radical (unpaired) electrons. The molecule has 13 nitrogen and oxygen atoms in total. The molecule has 14 heteroatoms. The molecular weight excluding hydrogens is 666 g/mol. The molecule has 270 valence electrons. The van der Waals surface area contributed by atoms with Crippen molar-refractivity contribution in [2.24, 2.45) is 22.4 Å². The summed E-state index contributed by atoms with van der Waals surface area (Å²) >= 11 is 6.28. The molecule has 1 saturated carbocycles. The summed E-state index contributed by atoms with van der Waals surface area (Å²) in [6, 6.07) is 3.06. The van der Waals surface area contributed by atoms with E-state index in [2.05, 4.69) is 21.1 Å². The lowest BCUT2D eigenvalue weighted by molar-refractivity contribution is -0.152. The van der Waals surface area contributed by atoms with E-state index in [4.69, 9.17) is 21.2 Å². The van der Waals surface area contributed by atoms with Crippen LogP contribution in [0, 0.1) is 17.3 Å². The number of oxime groups is 1. The minimum Gasteiger partial charge on any atom is -0.469 e. The lowest BCUT2D eigenvalue weighted by Gasteiger charge is -2.39. The number of halogens is 1. The van der Waals surface area contributed by atoms with E-state index in [-0.39, 0.29) is 19.0 Å². The second-order valence-corrected chi connectivity index (χ2v) is 15.1. The van der Waals surface area contributed by atoms with Gasteiger partial charge < -0.3 is 30.4 Å². The number of Topliss-reactive ketones (excluding diaryl/α,β-unsaturated/α-hetero) is 1. The zero-order valence-electron chi connectivity index (χ0n) is 29.2. The van der Waals surface area contributed by atoms with Crippen LogP contribution in [0.5, 0.6) is 0 Å². The van der Waals surface area contributed by atoms with Crippen LogP contribution < -0.4 is 16.0 Å². The van der Waals surface area contributed by atoms with Crippen molar-refractivity contribution in [3.63, 3.8) is 0 Å². The van der Waals surface area contributed by atoms with Gasteiger partial charge in [0.2, 0.25) is 23.5 Å². The van der Waals surface area contributed by atoms with Crippen LogP contribution in [0.4, 0.5) is 0 Å². The van der Waals surface area contributed by atoms with E-state index >= 15 is 0 Å². The SMILES string of the molecule is CCC[C@H](NC(=O)CN(C[C@@]12CC(=NO1)c1cc(Cl)ccc12)C(=O)[C@@H](NC(=O)[C@@H]1CC=CC[C@@H]1C(=O)OC)C(C)(C)C)C(=O)C(=O)NC1CC1. The Morgan fingerprint density at radius 2 is 1.78 bits per heavy atom. The predicted molar refractivity (Wildman–Crippen MR) is 184 cm³/mol. The number of hydrogen-bond donors (Lipinski definition) is 3. The monoisotopic (exact) mass is 711 g/mol. The number of hydrogen-bond acceptors (Lipinski definition) is 9. The number of carbonyl (C=O) groups excluding carboxylic acids is 6. The van der Waals surface area contributed by atoms with Crippen LogP contribution in [-0.2, 0) is 43.9 Å². The molecule has 2 bridgehead atoms. The molecule has 3 N–H and O–H groups in total. The number of fused-ring (bicyclic) bond motifs is 5. The molecule has 0 unspecified atom stereocenters. The highest BCUT2D eigenvalue weighted by atomic mass is 35.5. The molecule has 1 aromatic rings. The fourth-order valence-electron chi connectivity index (χ4n) is 6.82. The van der Waals surface area contributed by atoms with E-state index in [0.29, 0.717) is 36.4 Å². The fraction of sp³-hybridized carbons (Fsp3) is 0.583. The Hall–Kier alpha value is -4.26. The van der Waals surface area contributed by atoms with Gasteiger partial charge in [0.1, 0.15) is 6.04 Å². The van der Waals surface area contributed by atoms with Crippen molar-refractivity contribution in [3.8, 4) is 0 Å². The standard InChI is InChI=1S/C36H46ClN5O8/c1-6-9-26(29(44)32(46)38-21-13-14-21)39-28(43)18-42(19-36-17-27(41-50-36)24-16-20(37)12-15-25(24)36)33(47)30(35(2,3)4)40-31(45)22-10-7-8-11-23(22)34(48)49-5/h7-8,12,15-16,21-23,26,30H,6,9-11,13-14,17-19H2,1-5H3,(H,38,46)(H,39,43)(H,40,45)/t22-,23+,26+,30-,36-/m1/s1. The third-order valence-corrected chi connectivity index (χ3v) is 9.93. The molecule has 5 atom stereocenters. The van der Waals surface area contributed by atoms with Gasteiger partial charge in [0.15, 0.2) is 5.60 Å². The number of rotatable bonds is 14. The van der Waals surface area contributed by atoms with Crippen LogP contribution in [0.15, 0.2) is 35.5 Å². The van der Waals surface area contributed by atoms with Crippen LogP contribution in [0.1, 0.15) is 83.8 Å². The van der Waals surface area contributed by atoms with Gasteiger partial charge in [-0.2, -0.15) is 0 Å². The van der Waals surface area contributed by atoms with Crippen LogP contribution in [-0.4, -0.2) is 84.3 Å². The molecule has 4 aliphatic rings. The number of nitrogens with zero attached hydrogens (tertiary/aromatic N) is 2. The van der Waals surface area contributed by atoms with E-state index in [9.17, 15) is 28.8 Å². The molecule has 50 heavy (non-hydrogen) atoms. The lowest BCUT2D eigenvalue weighted by Crippen LogP contribution is -2.60. The molecule has 5 rings (SSSR count). The van der Waals surface area contributed by atoms with Crippen LogP contribution in [0.25, 0.3) is 0 Å². The Kier molecular flexibility index (Phi) is 11.0. The van der Waals surface area contributed by atoms with Gasteiger partial charge in [0.25, 0.3) is 5.91 Å². The van der Waals surface area contributed by atoms with Gasteiger partial charge in [-0.1, -0.05) is 69.1 Å². The summed E-state index contributed by atoms with van der Waals surface area (Å²) in [7, 11) is 1.27. The first-order chi connectivity index (χ1) is 23.7. The quantitative estimate of drug-likeness (QED) is 0.150. The number of methoxy groups -OCH3 is 1. The third-order valence-electron chi connectivity index (χ3n) is 9.70. The van der Waals surface area contributed by atoms with Gasteiger partial charge >= 0.3 is 5.97 Å². The number of amides is 4. The summed E-state index contributed by atoms with van der Waals surface area (Å²) < 4.78 is 4.96. The van der Waals surface area contributed by atoms with Crippen molar-refractivity contribution < 1.29 is 38.3 Å². The summed E-state index contributed by atoms with van der Waals surface area (Å²) in [5, 5.41) is 13.0. The highest BCUT2D eigenvalue weighted by Crippen LogP contribution is 2.46. The predicted octanol–water partition coefficient (Wildman–Crippen LogP) is 2.92. The Morgan fingerprint density at radius 1 is 1.08 bits per heavy atom. The number of ketones is 1. The first-order valence-electron chi connectivity index (χ1n) is 17.2. The average molecular weight is 712 g/mol. The molecule has 3 aliphatic carbocycles. The van der Waals surface area contributed by atoms with Gasteiger partial charge in [-0.05, 0) is 49.7 Å². The van der Waals surface area contributed by atoms with Crippen molar-refractivity contribution in [3.05, 3.63) is 46.5 Å². The summed E-state index contributed by atoms with van der Waals surface area (Å²) in [4.78, 5) is 87.8. The number of benzene rings is 1.